The largest absolute Gasteiger partial charge is 0.490 e. The van der Waals surface area contributed by atoms with Crippen molar-refractivity contribution >= 4 is 23.5 Å². The fourth-order valence-electron chi connectivity index (χ4n) is 4.57. The summed E-state index contributed by atoms with van der Waals surface area (Å²) in [6, 6.07) is 9.90. The Morgan fingerprint density at radius 2 is 1.67 bits per heavy atom. The maximum absolute atomic E-state index is 13.2. The van der Waals surface area contributed by atoms with Gasteiger partial charge >= 0.3 is 29.2 Å². The van der Waals surface area contributed by atoms with Gasteiger partial charge in [0, 0.05) is 17.8 Å². The van der Waals surface area contributed by atoms with Crippen LogP contribution in [0.15, 0.2) is 62.8 Å². The highest BCUT2D eigenvalue weighted by atomic mass is 31.3. The van der Waals surface area contributed by atoms with Gasteiger partial charge in [0.1, 0.15) is 18.2 Å². The molecule has 2 aromatic heterocycles. The molecule has 1 aliphatic carbocycles. The van der Waals surface area contributed by atoms with Crippen molar-refractivity contribution in [1.29, 1.82) is 0 Å². The molecule has 7 atom stereocenters. The second kappa shape index (κ2) is 10.8. The smallest absolute Gasteiger partial charge is 0.439 e. The number of aromatic nitrogens is 3. The van der Waals surface area contributed by atoms with E-state index in [-0.39, 0.29) is 5.89 Å². The molecule has 228 valence electrons. The van der Waals surface area contributed by atoms with E-state index in [1.54, 1.807) is 30.3 Å². The molecule has 2 aliphatic rings. The van der Waals surface area contributed by atoms with Gasteiger partial charge in [-0.25, -0.2) is 23.5 Å². The molecule has 3 aromatic rings. The Labute approximate surface area is 233 Å². The number of ether oxygens (including phenoxy) is 1. The van der Waals surface area contributed by atoms with Crippen molar-refractivity contribution in [2.24, 2.45) is 5.92 Å². The lowest BCUT2D eigenvalue weighted by molar-refractivity contribution is -0.118. The van der Waals surface area contributed by atoms with Crippen LogP contribution in [0, 0.1) is 5.92 Å². The first-order chi connectivity index (χ1) is 19.5. The van der Waals surface area contributed by atoms with Crippen LogP contribution in [-0.2, 0) is 38.1 Å². The Morgan fingerprint density at radius 3 is 2.33 bits per heavy atom. The van der Waals surface area contributed by atoms with Crippen molar-refractivity contribution in [3.63, 3.8) is 0 Å². The predicted molar refractivity (Wildman–Crippen MR) is 134 cm³/mol. The molecule has 0 spiro atoms. The number of nitrogens with zero attached hydrogens (tertiary/aromatic N) is 3. The maximum atomic E-state index is 13.2. The van der Waals surface area contributed by atoms with E-state index in [2.05, 4.69) is 18.1 Å². The quantitative estimate of drug-likeness (QED) is 0.145. The Balaban J connectivity index is 1.32. The van der Waals surface area contributed by atoms with Gasteiger partial charge in [0.25, 0.3) is 5.56 Å². The monoisotopic (exact) mass is 653 g/mol. The van der Waals surface area contributed by atoms with Gasteiger partial charge in [-0.3, -0.25) is 18.5 Å². The number of hydrogen-bond donors (Lipinski definition) is 6. The summed E-state index contributed by atoms with van der Waals surface area (Å²) < 4.78 is 59.1. The summed E-state index contributed by atoms with van der Waals surface area (Å²) in [5, 5.41) is 21.1. The predicted octanol–water partition coefficient (Wildman–Crippen LogP) is -0.324. The minimum Gasteiger partial charge on any atom is -0.439 e. The minimum atomic E-state index is -5.80. The third kappa shape index (κ3) is 6.20. The first-order valence-electron chi connectivity index (χ1n) is 11.7. The molecule has 1 saturated carbocycles. The molecule has 4 unspecified atom stereocenters. The van der Waals surface area contributed by atoms with Gasteiger partial charge in [-0.15, -0.1) is 0 Å². The molecule has 3 heterocycles. The number of fused-ring (bicyclic) bond motifs is 1. The van der Waals surface area contributed by atoms with E-state index in [1.807, 2.05) is 0 Å². The topological polar surface area (TPSA) is 280 Å². The zero-order chi connectivity index (χ0) is 30.7. The number of aliphatic hydroxyl groups is 2. The van der Waals surface area contributed by atoms with Crippen molar-refractivity contribution in [3.8, 4) is 11.3 Å². The van der Waals surface area contributed by atoms with Gasteiger partial charge in [-0.2, -0.15) is 8.62 Å². The van der Waals surface area contributed by atoms with E-state index in [9.17, 15) is 43.3 Å². The van der Waals surface area contributed by atoms with E-state index in [1.165, 1.54) is 6.20 Å². The minimum absolute atomic E-state index is 0.0180. The van der Waals surface area contributed by atoms with Gasteiger partial charge in [-0.05, 0) is 0 Å². The number of benzene rings is 1. The van der Waals surface area contributed by atoms with Crippen LogP contribution in [-0.4, -0.2) is 68.3 Å². The molecule has 22 heteroatoms. The van der Waals surface area contributed by atoms with E-state index >= 15 is 0 Å². The lowest BCUT2D eigenvalue weighted by Crippen LogP contribution is -2.44. The highest BCUT2D eigenvalue weighted by molar-refractivity contribution is 7.66. The number of hydrogen-bond acceptors (Lipinski definition) is 13. The molecular weight excluding hydrogens is 631 g/mol. The van der Waals surface area contributed by atoms with E-state index in [0.29, 0.717) is 11.3 Å². The Kier molecular flexibility index (Phi) is 7.96. The molecule has 6 N–H and O–H groups in total. The first kappa shape index (κ1) is 30.8. The lowest BCUT2D eigenvalue weighted by Gasteiger charge is -2.24. The molecule has 1 aliphatic heterocycles. The molecule has 5 rings (SSSR count). The van der Waals surface area contributed by atoms with E-state index in [0.717, 1.165) is 21.4 Å². The lowest BCUT2D eigenvalue weighted by atomic mass is 10.2. The number of oxazole rings is 1. The summed E-state index contributed by atoms with van der Waals surface area (Å²) in [5.41, 5.74) is -2.92. The number of aliphatic hydroxyl groups excluding tert-OH is 2. The standard InChI is InChI=1S/C20H22N3O16P3/c24-14-6-7-22(19(27)23(14)9-13-21-8-12(36-13)11-4-2-1-3-5-11)18-16(25)15-17(26)20(15,37-18)10-35-41(31,32)39-42(33,34)38-40(28,29)30/h1-8,15-18,25-26H,9-10H2,(H,31,32)(H,33,34)(H2,28,29,30)/t15?,16-,17+,18+,20?/m0/s1. The number of phosphoric ester groups is 1. The zero-order valence-electron chi connectivity index (χ0n) is 20.8. The van der Waals surface area contributed by atoms with Crippen LogP contribution in [0.2, 0.25) is 0 Å². The SMILES string of the molecule is O=c1ccn([C@@H]2OC3(COP(=O)(O)OP(=O)(O)OP(=O)(O)O)C([C@H]3O)[C@@H]2O)c(=O)n1Cc1ncc(-c2ccccc2)o1. The van der Waals surface area contributed by atoms with Gasteiger partial charge in [0.05, 0.1) is 24.8 Å². The molecule has 0 amide bonds. The van der Waals surface area contributed by atoms with Crippen LogP contribution in [0.5, 0.6) is 0 Å². The molecule has 19 nitrogen and oxygen atoms in total. The third-order valence-corrected chi connectivity index (χ3v) is 10.2. The van der Waals surface area contributed by atoms with Gasteiger partial charge < -0.3 is 38.9 Å². The molecule has 1 aromatic carbocycles. The molecule has 2 fully saturated rings. The highest BCUT2D eigenvalue weighted by Crippen LogP contribution is 2.67. The van der Waals surface area contributed by atoms with Crippen molar-refractivity contribution in [3.05, 3.63) is 75.5 Å². The molecule has 42 heavy (non-hydrogen) atoms. The van der Waals surface area contributed by atoms with Gasteiger partial charge in [0.15, 0.2) is 12.0 Å². The zero-order valence-corrected chi connectivity index (χ0v) is 23.5. The van der Waals surface area contributed by atoms with Crippen LogP contribution in [0.3, 0.4) is 0 Å². The van der Waals surface area contributed by atoms with Gasteiger partial charge in [-0.1, -0.05) is 30.3 Å². The van der Waals surface area contributed by atoms with Crippen molar-refractivity contribution < 1.29 is 65.8 Å². The molecule has 1 saturated heterocycles. The van der Waals surface area contributed by atoms with Crippen LogP contribution in [0.25, 0.3) is 11.3 Å². The second-order valence-electron chi connectivity index (χ2n) is 9.20. The summed E-state index contributed by atoms with van der Waals surface area (Å²) in [6.07, 6.45) is -2.21. The highest BCUT2D eigenvalue weighted by Gasteiger charge is 2.76. The normalized spacial score (nSPS) is 28.1. The Morgan fingerprint density at radius 1 is 0.976 bits per heavy atom. The molecule has 0 radical (unpaired) electrons. The number of phosphoric acid groups is 3. The molecular formula is C20H22N3O16P3. The maximum Gasteiger partial charge on any atom is 0.490 e. The third-order valence-electron chi connectivity index (χ3n) is 6.44. The van der Waals surface area contributed by atoms with Crippen LogP contribution in [0.1, 0.15) is 12.1 Å². The van der Waals surface area contributed by atoms with E-state index in [4.69, 9.17) is 18.9 Å². The van der Waals surface area contributed by atoms with E-state index < -0.39 is 77.8 Å². The summed E-state index contributed by atoms with van der Waals surface area (Å²) >= 11 is 0. The summed E-state index contributed by atoms with van der Waals surface area (Å²) in [4.78, 5) is 66.1. The summed E-state index contributed by atoms with van der Waals surface area (Å²) in [6.45, 7) is -1.44. The second-order valence-corrected chi connectivity index (χ2v) is 13.6. The Bertz CT molecular complexity index is 1750. The summed E-state index contributed by atoms with van der Waals surface area (Å²) in [5.74, 6) is -0.789. The van der Waals surface area contributed by atoms with Crippen LogP contribution >= 0.6 is 23.5 Å². The van der Waals surface area contributed by atoms with Crippen LogP contribution in [0.4, 0.5) is 0 Å². The average Bonchev–Trinajstić information content (AvgIpc) is 3.16. The average molecular weight is 653 g/mol. The Hall–Kier alpha value is -2.60. The van der Waals surface area contributed by atoms with Crippen molar-refractivity contribution in [2.75, 3.05) is 6.61 Å². The summed E-state index contributed by atoms with van der Waals surface area (Å²) in [7, 11) is -17.0. The van der Waals surface area contributed by atoms with Crippen molar-refractivity contribution in [2.45, 2.75) is 30.6 Å². The van der Waals surface area contributed by atoms with Crippen molar-refractivity contribution in [1.82, 2.24) is 14.1 Å². The molecule has 0 bridgehead atoms. The van der Waals surface area contributed by atoms with Gasteiger partial charge in [0.2, 0.25) is 5.89 Å². The fraction of sp³-hybridized carbons (Fsp3) is 0.350. The van der Waals surface area contributed by atoms with Crippen LogP contribution < -0.4 is 11.2 Å². The first-order valence-corrected chi connectivity index (χ1v) is 16.2. The number of rotatable bonds is 11. The fourth-order valence-corrected chi connectivity index (χ4v) is 7.63.